The highest BCUT2D eigenvalue weighted by Crippen LogP contribution is 2.36. The number of piperidine rings is 1. The molecule has 2 saturated heterocycles. The summed E-state index contributed by atoms with van der Waals surface area (Å²) in [5.74, 6) is 0.261. The highest BCUT2D eigenvalue weighted by atomic mass is 16.5. The summed E-state index contributed by atoms with van der Waals surface area (Å²) >= 11 is 0. The Labute approximate surface area is 110 Å². The minimum Gasteiger partial charge on any atom is -0.378 e. The standard InChI is InChI=1S/C14H26N2O2/c1-12(2)18-10-3-13(17)16-8-5-14(6-9-16)4-7-15-11-14/h12,15H,3-11H2,1-2H3. The van der Waals surface area contributed by atoms with Crippen LogP contribution in [0.25, 0.3) is 0 Å². The van der Waals surface area contributed by atoms with E-state index in [0.717, 1.165) is 39.0 Å². The molecular formula is C14H26N2O2. The van der Waals surface area contributed by atoms with E-state index in [1.807, 2.05) is 18.7 Å². The molecule has 0 bridgehead atoms. The monoisotopic (exact) mass is 254 g/mol. The van der Waals surface area contributed by atoms with Crippen LogP contribution in [-0.4, -0.2) is 49.7 Å². The quantitative estimate of drug-likeness (QED) is 0.824. The molecule has 2 rings (SSSR count). The number of amides is 1. The molecule has 104 valence electrons. The highest BCUT2D eigenvalue weighted by molar-refractivity contribution is 5.76. The Morgan fingerprint density at radius 3 is 2.61 bits per heavy atom. The molecule has 1 N–H and O–H groups in total. The molecule has 0 aromatic rings. The van der Waals surface area contributed by atoms with E-state index in [0.29, 0.717) is 18.4 Å². The molecule has 0 aliphatic carbocycles. The van der Waals surface area contributed by atoms with Gasteiger partial charge in [0.2, 0.25) is 5.91 Å². The van der Waals surface area contributed by atoms with Gasteiger partial charge in [-0.25, -0.2) is 0 Å². The second kappa shape index (κ2) is 6.02. The molecule has 4 nitrogen and oxygen atoms in total. The lowest BCUT2D eigenvalue weighted by Gasteiger charge is -2.39. The summed E-state index contributed by atoms with van der Waals surface area (Å²) in [5, 5.41) is 3.45. The van der Waals surface area contributed by atoms with Gasteiger partial charge in [0.05, 0.1) is 19.1 Å². The van der Waals surface area contributed by atoms with Gasteiger partial charge in [0.25, 0.3) is 0 Å². The normalized spacial score (nSPS) is 22.9. The molecule has 1 spiro atoms. The number of nitrogens with one attached hydrogen (secondary N) is 1. The zero-order valence-electron chi connectivity index (χ0n) is 11.7. The van der Waals surface area contributed by atoms with E-state index >= 15 is 0 Å². The molecule has 2 heterocycles. The van der Waals surface area contributed by atoms with Gasteiger partial charge in [-0.05, 0) is 45.1 Å². The van der Waals surface area contributed by atoms with Gasteiger partial charge in [0.15, 0.2) is 0 Å². The molecule has 18 heavy (non-hydrogen) atoms. The van der Waals surface area contributed by atoms with Crippen molar-refractivity contribution in [2.45, 2.75) is 45.6 Å². The molecule has 0 unspecified atom stereocenters. The molecule has 2 aliphatic rings. The van der Waals surface area contributed by atoms with Crippen LogP contribution in [0.15, 0.2) is 0 Å². The minimum atomic E-state index is 0.215. The van der Waals surface area contributed by atoms with Crippen molar-refractivity contribution in [3.05, 3.63) is 0 Å². The van der Waals surface area contributed by atoms with Gasteiger partial charge in [-0.3, -0.25) is 4.79 Å². The second-order valence-electron chi connectivity index (χ2n) is 5.98. The number of likely N-dealkylation sites (tertiary alicyclic amines) is 1. The predicted molar refractivity (Wildman–Crippen MR) is 71.4 cm³/mol. The minimum absolute atomic E-state index is 0.215. The van der Waals surface area contributed by atoms with Crippen molar-refractivity contribution < 1.29 is 9.53 Å². The van der Waals surface area contributed by atoms with Gasteiger partial charge in [-0.15, -0.1) is 0 Å². The molecular weight excluding hydrogens is 228 g/mol. The van der Waals surface area contributed by atoms with Gasteiger partial charge >= 0.3 is 0 Å². The van der Waals surface area contributed by atoms with Gasteiger partial charge < -0.3 is 15.0 Å². The van der Waals surface area contributed by atoms with Crippen molar-refractivity contribution in [3.63, 3.8) is 0 Å². The number of ether oxygens (including phenoxy) is 1. The number of nitrogens with zero attached hydrogens (tertiary/aromatic N) is 1. The summed E-state index contributed by atoms with van der Waals surface area (Å²) in [4.78, 5) is 14.0. The van der Waals surface area contributed by atoms with Crippen LogP contribution in [-0.2, 0) is 9.53 Å². The number of carbonyl (C=O) groups is 1. The third kappa shape index (κ3) is 3.45. The fourth-order valence-corrected chi connectivity index (χ4v) is 2.99. The first-order valence-electron chi connectivity index (χ1n) is 7.21. The van der Waals surface area contributed by atoms with Crippen LogP contribution < -0.4 is 5.32 Å². The Balaban J connectivity index is 1.70. The summed E-state index contributed by atoms with van der Waals surface area (Å²) in [6, 6.07) is 0. The Morgan fingerprint density at radius 2 is 2.06 bits per heavy atom. The number of hydrogen-bond donors (Lipinski definition) is 1. The molecule has 0 atom stereocenters. The Bertz CT molecular complexity index is 276. The largest absolute Gasteiger partial charge is 0.378 e. The van der Waals surface area contributed by atoms with Crippen LogP contribution in [0.2, 0.25) is 0 Å². The first kappa shape index (κ1) is 13.8. The van der Waals surface area contributed by atoms with Gasteiger partial charge in [-0.1, -0.05) is 0 Å². The summed E-state index contributed by atoms with van der Waals surface area (Å²) in [7, 11) is 0. The van der Waals surface area contributed by atoms with Crippen molar-refractivity contribution in [1.82, 2.24) is 10.2 Å². The average molecular weight is 254 g/mol. The lowest BCUT2D eigenvalue weighted by molar-refractivity contribution is -0.134. The number of carbonyl (C=O) groups excluding carboxylic acids is 1. The molecule has 2 fully saturated rings. The summed E-state index contributed by atoms with van der Waals surface area (Å²) < 4.78 is 5.44. The van der Waals surface area contributed by atoms with Gasteiger partial charge in [-0.2, -0.15) is 0 Å². The highest BCUT2D eigenvalue weighted by Gasteiger charge is 2.37. The molecule has 0 aromatic heterocycles. The predicted octanol–water partition coefficient (Wildman–Crippen LogP) is 1.40. The van der Waals surface area contributed by atoms with E-state index in [1.54, 1.807) is 0 Å². The van der Waals surface area contributed by atoms with E-state index in [2.05, 4.69) is 5.32 Å². The van der Waals surface area contributed by atoms with E-state index in [-0.39, 0.29) is 12.0 Å². The van der Waals surface area contributed by atoms with Crippen molar-refractivity contribution >= 4 is 5.91 Å². The zero-order valence-corrected chi connectivity index (χ0v) is 11.7. The summed E-state index contributed by atoms with van der Waals surface area (Å²) in [6.07, 6.45) is 4.36. The fourth-order valence-electron chi connectivity index (χ4n) is 2.99. The molecule has 0 radical (unpaired) electrons. The van der Waals surface area contributed by atoms with Gasteiger partial charge in [0.1, 0.15) is 0 Å². The van der Waals surface area contributed by atoms with Gasteiger partial charge in [0, 0.05) is 19.6 Å². The van der Waals surface area contributed by atoms with Crippen molar-refractivity contribution in [2.75, 3.05) is 32.8 Å². The molecule has 0 aromatic carbocycles. The lowest BCUT2D eigenvalue weighted by Crippen LogP contribution is -2.44. The Morgan fingerprint density at radius 1 is 1.33 bits per heavy atom. The van der Waals surface area contributed by atoms with E-state index < -0.39 is 0 Å². The summed E-state index contributed by atoms with van der Waals surface area (Å²) in [6.45, 7) is 8.72. The first-order chi connectivity index (χ1) is 8.61. The Kier molecular flexibility index (Phi) is 4.62. The van der Waals surface area contributed by atoms with Crippen molar-refractivity contribution in [2.24, 2.45) is 5.41 Å². The van der Waals surface area contributed by atoms with Crippen LogP contribution in [0.4, 0.5) is 0 Å². The van der Waals surface area contributed by atoms with E-state index in [4.69, 9.17) is 4.74 Å². The SMILES string of the molecule is CC(C)OCCC(=O)N1CCC2(CCNC2)CC1. The third-order valence-electron chi connectivity index (χ3n) is 4.28. The van der Waals surface area contributed by atoms with Crippen molar-refractivity contribution in [3.8, 4) is 0 Å². The van der Waals surface area contributed by atoms with Crippen LogP contribution in [0, 0.1) is 5.41 Å². The lowest BCUT2D eigenvalue weighted by atomic mass is 9.78. The van der Waals surface area contributed by atoms with E-state index in [1.165, 1.54) is 6.42 Å². The molecule has 4 heteroatoms. The van der Waals surface area contributed by atoms with Crippen molar-refractivity contribution in [1.29, 1.82) is 0 Å². The molecule has 1 amide bonds. The maximum absolute atomic E-state index is 12.0. The third-order valence-corrected chi connectivity index (χ3v) is 4.28. The zero-order chi connectivity index (χ0) is 13.0. The van der Waals surface area contributed by atoms with Crippen LogP contribution in [0.5, 0.6) is 0 Å². The Hall–Kier alpha value is -0.610. The maximum Gasteiger partial charge on any atom is 0.224 e. The average Bonchev–Trinajstić information content (AvgIpc) is 2.78. The molecule has 0 saturated carbocycles. The van der Waals surface area contributed by atoms with Crippen LogP contribution >= 0.6 is 0 Å². The van der Waals surface area contributed by atoms with E-state index in [9.17, 15) is 4.79 Å². The van der Waals surface area contributed by atoms with Crippen LogP contribution in [0.3, 0.4) is 0 Å². The number of rotatable bonds is 4. The number of hydrogen-bond acceptors (Lipinski definition) is 3. The topological polar surface area (TPSA) is 41.6 Å². The summed E-state index contributed by atoms with van der Waals surface area (Å²) in [5.41, 5.74) is 0.491. The first-order valence-corrected chi connectivity index (χ1v) is 7.21. The smallest absolute Gasteiger partial charge is 0.224 e. The fraction of sp³-hybridized carbons (Fsp3) is 0.929. The van der Waals surface area contributed by atoms with Crippen LogP contribution in [0.1, 0.15) is 39.5 Å². The second-order valence-corrected chi connectivity index (χ2v) is 5.98. The maximum atomic E-state index is 12.0. The molecule has 2 aliphatic heterocycles.